The fourth-order valence-electron chi connectivity index (χ4n) is 4.83. The van der Waals surface area contributed by atoms with Gasteiger partial charge in [0.25, 0.3) is 10.0 Å². The SMILES string of the molecule is CCC(c1ccc(S(=O)(=O)Nc2ccccc2OC)cc1)N1CCC(C(=O)c2ccc(F)cc2)CC1. The van der Waals surface area contributed by atoms with Crippen molar-refractivity contribution >= 4 is 21.5 Å². The van der Waals surface area contributed by atoms with Crippen molar-refractivity contribution in [3.05, 3.63) is 89.7 Å². The first-order valence-electron chi connectivity index (χ1n) is 12.1. The molecular formula is C28H31FN2O4S. The van der Waals surface area contributed by atoms with E-state index in [4.69, 9.17) is 4.74 Å². The number of rotatable bonds is 9. The Morgan fingerprint density at radius 3 is 2.28 bits per heavy atom. The van der Waals surface area contributed by atoms with Crippen LogP contribution in [0.3, 0.4) is 0 Å². The number of sulfonamides is 1. The van der Waals surface area contributed by atoms with Gasteiger partial charge >= 0.3 is 0 Å². The van der Waals surface area contributed by atoms with Gasteiger partial charge in [0.15, 0.2) is 5.78 Å². The number of methoxy groups -OCH3 is 1. The van der Waals surface area contributed by atoms with Crippen LogP contribution >= 0.6 is 0 Å². The molecule has 1 aliphatic rings. The molecule has 190 valence electrons. The number of halogens is 1. The maximum atomic E-state index is 13.2. The van der Waals surface area contributed by atoms with Crippen LogP contribution in [-0.4, -0.2) is 39.3 Å². The van der Waals surface area contributed by atoms with E-state index in [1.54, 1.807) is 48.5 Å². The summed E-state index contributed by atoms with van der Waals surface area (Å²) in [7, 11) is -2.28. The Balaban J connectivity index is 1.41. The van der Waals surface area contributed by atoms with Crippen LogP contribution in [0.25, 0.3) is 0 Å². The van der Waals surface area contributed by atoms with E-state index in [1.807, 2.05) is 12.1 Å². The highest BCUT2D eigenvalue weighted by Gasteiger charge is 2.29. The van der Waals surface area contributed by atoms with E-state index in [0.29, 0.717) is 17.0 Å². The molecular weight excluding hydrogens is 479 g/mol. The van der Waals surface area contributed by atoms with Crippen molar-refractivity contribution < 1.29 is 22.3 Å². The third kappa shape index (κ3) is 5.77. The molecule has 6 nitrogen and oxygen atoms in total. The highest BCUT2D eigenvalue weighted by molar-refractivity contribution is 7.92. The second-order valence-corrected chi connectivity index (χ2v) is 10.7. The highest BCUT2D eigenvalue weighted by Crippen LogP contribution is 2.32. The van der Waals surface area contributed by atoms with Gasteiger partial charge < -0.3 is 4.74 Å². The summed E-state index contributed by atoms with van der Waals surface area (Å²) in [5.74, 6) is 0.101. The molecule has 1 N–H and O–H groups in total. The topological polar surface area (TPSA) is 75.7 Å². The highest BCUT2D eigenvalue weighted by atomic mass is 32.2. The second-order valence-electron chi connectivity index (χ2n) is 8.98. The third-order valence-electron chi connectivity index (χ3n) is 6.78. The minimum atomic E-state index is -3.77. The van der Waals surface area contributed by atoms with Gasteiger partial charge in [0.1, 0.15) is 11.6 Å². The van der Waals surface area contributed by atoms with Gasteiger partial charge in [-0.05, 0) is 86.4 Å². The number of hydrogen-bond acceptors (Lipinski definition) is 5. The van der Waals surface area contributed by atoms with Crippen LogP contribution in [0.15, 0.2) is 77.7 Å². The van der Waals surface area contributed by atoms with Crippen LogP contribution < -0.4 is 9.46 Å². The predicted molar refractivity (Wildman–Crippen MR) is 138 cm³/mol. The van der Waals surface area contributed by atoms with Crippen molar-refractivity contribution in [2.45, 2.75) is 37.1 Å². The fourth-order valence-corrected chi connectivity index (χ4v) is 5.90. The predicted octanol–water partition coefficient (Wildman–Crippen LogP) is 5.68. The standard InChI is InChI=1S/C28H31FN2O4S/c1-3-26(31-18-16-22(17-19-31)28(32)21-8-12-23(29)13-9-21)20-10-14-24(15-11-20)36(33,34)30-25-6-4-5-7-27(25)35-2/h4-15,22,26,30H,3,16-19H2,1-2H3. The average Bonchev–Trinajstić information content (AvgIpc) is 2.90. The molecule has 1 aliphatic heterocycles. The number of anilines is 1. The molecule has 0 amide bonds. The van der Waals surface area contributed by atoms with E-state index in [0.717, 1.165) is 37.9 Å². The van der Waals surface area contributed by atoms with Gasteiger partial charge in [-0.2, -0.15) is 0 Å². The maximum Gasteiger partial charge on any atom is 0.262 e. The number of ketones is 1. The van der Waals surface area contributed by atoms with Crippen LogP contribution in [0.4, 0.5) is 10.1 Å². The summed E-state index contributed by atoms with van der Waals surface area (Å²) in [6, 6.07) is 19.7. The Kier molecular flexibility index (Phi) is 8.06. The average molecular weight is 511 g/mol. The zero-order chi connectivity index (χ0) is 25.7. The molecule has 8 heteroatoms. The molecule has 1 atom stereocenters. The van der Waals surface area contributed by atoms with Gasteiger partial charge in [0, 0.05) is 17.5 Å². The Morgan fingerprint density at radius 1 is 1.03 bits per heavy atom. The van der Waals surface area contributed by atoms with Crippen LogP contribution in [0.2, 0.25) is 0 Å². The molecule has 3 aromatic rings. The van der Waals surface area contributed by atoms with Gasteiger partial charge in [-0.1, -0.05) is 31.2 Å². The number of hydrogen-bond donors (Lipinski definition) is 1. The van der Waals surface area contributed by atoms with Gasteiger partial charge in [-0.25, -0.2) is 12.8 Å². The molecule has 1 heterocycles. The minimum absolute atomic E-state index is 0.0693. The fraction of sp³-hybridized carbons (Fsp3) is 0.321. The van der Waals surface area contributed by atoms with Gasteiger partial charge in [0.2, 0.25) is 0 Å². The number of carbonyl (C=O) groups excluding carboxylic acids is 1. The smallest absolute Gasteiger partial charge is 0.262 e. The Bertz CT molecular complexity index is 1290. The molecule has 3 aromatic carbocycles. The summed E-state index contributed by atoms with van der Waals surface area (Å²) in [4.78, 5) is 15.3. The second kappa shape index (κ2) is 11.2. The summed E-state index contributed by atoms with van der Waals surface area (Å²) in [5, 5.41) is 0. The molecule has 0 saturated carbocycles. The lowest BCUT2D eigenvalue weighted by Crippen LogP contribution is -2.38. The lowest BCUT2D eigenvalue weighted by molar-refractivity contribution is 0.0786. The van der Waals surface area contributed by atoms with E-state index < -0.39 is 10.0 Å². The van der Waals surface area contributed by atoms with E-state index in [-0.39, 0.29) is 28.5 Å². The number of piperidine rings is 1. The Labute approximate surface area is 212 Å². The zero-order valence-electron chi connectivity index (χ0n) is 20.5. The molecule has 1 saturated heterocycles. The number of para-hydroxylation sites is 2. The van der Waals surface area contributed by atoms with Crippen LogP contribution in [-0.2, 0) is 10.0 Å². The molecule has 0 bridgehead atoms. The molecule has 1 unspecified atom stereocenters. The quantitative estimate of drug-likeness (QED) is 0.375. The Morgan fingerprint density at radius 2 is 1.67 bits per heavy atom. The summed E-state index contributed by atoms with van der Waals surface area (Å²) in [6.07, 6.45) is 2.34. The van der Waals surface area contributed by atoms with Crippen LogP contribution in [0, 0.1) is 11.7 Å². The van der Waals surface area contributed by atoms with Crippen molar-refractivity contribution in [1.82, 2.24) is 4.90 Å². The number of nitrogens with zero attached hydrogens (tertiary/aromatic N) is 1. The van der Waals surface area contributed by atoms with E-state index >= 15 is 0 Å². The molecule has 0 aromatic heterocycles. The molecule has 1 fully saturated rings. The van der Waals surface area contributed by atoms with Gasteiger partial charge in [0.05, 0.1) is 17.7 Å². The molecule has 0 spiro atoms. The number of nitrogens with one attached hydrogen (secondary N) is 1. The van der Waals surface area contributed by atoms with Gasteiger partial charge in [-0.3, -0.25) is 14.4 Å². The normalized spacial score (nSPS) is 15.9. The van der Waals surface area contributed by atoms with Crippen molar-refractivity contribution in [1.29, 1.82) is 0 Å². The number of Topliss-reactive ketones (excluding diaryl/α,β-unsaturated/α-hetero) is 1. The Hall–Kier alpha value is -3.23. The summed E-state index contributed by atoms with van der Waals surface area (Å²) in [6.45, 7) is 3.64. The number of benzene rings is 3. The number of ether oxygens (including phenoxy) is 1. The van der Waals surface area contributed by atoms with E-state index in [2.05, 4.69) is 16.5 Å². The van der Waals surface area contributed by atoms with Crippen molar-refractivity contribution in [3.8, 4) is 5.75 Å². The lowest BCUT2D eigenvalue weighted by atomic mass is 9.87. The number of likely N-dealkylation sites (tertiary alicyclic amines) is 1. The number of carbonyl (C=O) groups is 1. The first-order chi connectivity index (χ1) is 17.3. The molecule has 4 rings (SSSR count). The summed E-state index contributed by atoms with van der Waals surface area (Å²) >= 11 is 0. The zero-order valence-corrected chi connectivity index (χ0v) is 21.3. The molecule has 36 heavy (non-hydrogen) atoms. The molecule has 0 aliphatic carbocycles. The first-order valence-corrected chi connectivity index (χ1v) is 13.6. The van der Waals surface area contributed by atoms with Crippen LogP contribution in [0.1, 0.15) is 48.1 Å². The maximum absolute atomic E-state index is 13.2. The first kappa shape index (κ1) is 25.9. The van der Waals surface area contributed by atoms with Crippen LogP contribution in [0.5, 0.6) is 5.75 Å². The minimum Gasteiger partial charge on any atom is -0.495 e. The largest absolute Gasteiger partial charge is 0.495 e. The lowest BCUT2D eigenvalue weighted by Gasteiger charge is -2.37. The van der Waals surface area contributed by atoms with Crippen molar-refractivity contribution in [2.75, 3.05) is 24.9 Å². The van der Waals surface area contributed by atoms with E-state index in [1.165, 1.54) is 19.2 Å². The van der Waals surface area contributed by atoms with Crippen molar-refractivity contribution in [2.24, 2.45) is 5.92 Å². The summed E-state index contributed by atoms with van der Waals surface area (Å²) in [5.41, 5.74) is 1.98. The molecule has 0 radical (unpaired) electrons. The third-order valence-corrected chi connectivity index (χ3v) is 8.16. The summed E-state index contributed by atoms with van der Waals surface area (Å²) < 4.78 is 46.9. The van der Waals surface area contributed by atoms with E-state index in [9.17, 15) is 17.6 Å². The monoisotopic (exact) mass is 510 g/mol. The van der Waals surface area contributed by atoms with Crippen molar-refractivity contribution in [3.63, 3.8) is 0 Å². The van der Waals surface area contributed by atoms with Gasteiger partial charge in [-0.15, -0.1) is 0 Å².